The summed E-state index contributed by atoms with van der Waals surface area (Å²) in [6, 6.07) is 1.55. The van der Waals surface area contributed by atoms with Crippen LogP contribution in [0.2, 0.25) is 0 Å². The Balaban J connectivity index is 1.90. The highest BCUT2D eigenvalue weighted by molar-refractivity contribution is 5.98. The number of esters is 1. The molecule has 1 heterocycles. The summed E-state index contributed by atoms with van der Waals surface area (Å²) >= 11 is 0. The standard InChI is InChI=1S/C18H26N2O4/c1-10-6-5-7-15(11(10)2)20-17(22)13(4)24-18(23)16-8-14(9-19-16)12(3)21/h8-11,13,15,19H,5-7H2,1-4H3,(H,20,22)/t10-,11-,13-,15+/m1/s1. The fraction of sp³-hybridized carbons (Fsp3) is 0.611. The average molecular weight is 334 g/mol. The van der Waals surface area contributed by atoms with E-state index in [2.05, 4.69) is 24.1 Å². The third-order valence-corrected chi connectivity index (χ3v) is 5.00. The van der Waals surface area contributed by atoms with Gasteiger partial charge in [-0.25, -0.2) is 4.79 Å². The summed E-state index contributed by atoms with van der Waals surface area (Å²) in [4.78, 5) is 38.3. The van der Waals surface area contributed by atoms with E-state index in [4.69, 9.17) is 4.74 Å². The Morgan fingerprint density at radius 1 is 1.29 bits per heavy atom. The molecule has 0 spiro atoms. The normalized spacial score (nSPS) is 24.9. The molecule has 24 heavy (non-hydrogen) atoms. The van der Waals surface area contributed by atoms with Crippen molar-refractivity contribution in [1.82, 2.24) is 10.3 Å². The lowest BCUT2D eigenvalue weighted by molar-refractivity contribution is -0.130. The predicted molar refractivity (Wildman–Crippen MR) is 89.8 cm³/mol. The van der Waals surface area contributed by atoms with Crippen LogP contribution >= 0.6 is 0 Å². The number of amides is 1. The van der Waals surface area contributed by atoms with Crippen LogP contribution in [0.5, 0.6) is 0 Å². The van der Waals surface area contributed by atoms with Crippen LogP contribution in [0.4, 0.5) is 0 Å². The third-order valence-electron chi connectivity index (χ3n) is 5.00. The van der Waals surface area contributed by atoms with Crippen molar-refractivity contribution in [2.45, 2.75) is 59.1 Å². The maximum absolute atomic E-state index is 12.3. The van der Waals surface area contributed by atoms with Gasteiger partial charge in [-0.05, 0) is 38.2 Å². The van der Waals surface area contributed by atoms with Gasteiger partial charge in [0.1, 0.15) is 5.69 Å². The van der Waals surface area contributed by atoms with Crippen LogP contribution in [0.1, 0.15) is 67.8 Å². The lowest BCUT2D eigenvalue weighted by Crippen LogP contribution is -2.47. The molecule has 0 aromatic carbocycles. The number of H-pyrrole nitrogens is 1. The van der Waals surface area contributed by atoms with Gasteiger partial charge in [0, 0.05) is 17.8 Å². The van der Waals surface area contributed by atoms with Gasteiger partial charge in [-0.2, -0.15) is 0 Å². The van der Waals surface area contributed by atoms with Crippen molar-refractivity contribution < 1.29 is 19.1 Å². The fourth-order valence-corrected chi connectivity index (χ4v) is 3.08. The molecule has 1 aliphatic carbocycles. The van der Waals surface area contributed by atoms with Crippen LogP contribution in [0.25, 0.3) is 0 Å². The van der Waals surface area contributed by atoms with Crippen molar-refractivity contribution >= 4 is 17.7 Å². The van der Waals surface area contributed by atoms with E-state index in [9.17, 15) is 14.4 Å². The predicted octanol–water partition coefficient (Wildman–Crippen LogP) is 2.70. The molecule has 1 saturated carbocycles. The van der Waals surface area contributed by atoms with E-state index in [0.717, 1.165) is 12.8 Å². The van der Waals surface area contributed by atoms with Gasteiger partial charge >= 0.3 is 5.97 Å². The second-order valence-corrected chi connectivity index (χ2v) is 6.79. The summed E-state index contributed by atoms with van der Waals surface area (Å²) in [6.45, 7) is 7.32. The Bertz CT molecular complexity index is 622. The molecule has 1 fully saturated rings. The van der Waals surface area contributed by atoms with Crippen LogP contribution in [0, 0.1) is 11.8 Å². The number of rotatable bonds is 5. The maximum Gasteiger partial charge on any atom is 0.355 e. The van der Waals surface area contributed by atoms with Crippen LogP contribution in [-0.2, 0) is 9.53 Å². The van der Waals surface area contributed by atoms with Crippen molar-refractivity contribution in [3.63, 3.8) is 0 Å². The molecule has 4 atom stereocenters. The van der Waals surface area contributed by atoms with Crippen LogP contribution in [0.3, 0.4) is 0 Å². The molecule has 2 rings (SSSR count). The van der Waals surface area contributed by atoms with Gasteiger partial charge in [0.2, 0.25) is 0 Å². The van der Waals surface area contributed by atoms with Gasteiger partial charge in [0.15, 0.2) is 11.9 Å². The summed E-state index contributed by atoms with van der Waals surface area (Å²) in [5.74, 6) is -0.0858. The van der Waals surface area contributed by atoms with Crippen LogP contribution in [0.15, 0.2) is 12.3 Å². The number of Topliss-reactive ketones (excluding diaryl/α,β-unsaturated/α-hetero) is 1. The van der Waals surface area contributed by atoms with Gasteiger partial charge in [-0.1, -0.05) is 26.7 Å². The highest BCUT2D eigenvalue weighted by Crippen LogP contribution is 2.29. The Labute approximate surface area is 142 Å². The molecule has 132 valence electrons. The first-order chi connectivity index (χ1) is 11.3. The highest BCUT2D eigenvalue weighted by atomic mass is 16.5. The number of nitrogens with one attached hydrogen (secondary N) is 2. The van der Waals surface area contributed by atoms with E-state index in [-0.39, 0.29) is 23.4 Å². The molecule has 1 aromatic rings. The Morgan fingerprint density at radius 3 is 2.62 bits per heavy atom. The number of carbonyl (C=O) groups is 3. The van der Waals surface area contributed by atoms with Gasteiger partial charge in [-0.15, -0.1) is 0 Å². The number of ether oxygens (including phenoxy) is 1. The zero-order valence-corrected chi connectivity index (χ0v) is 14.7. The molecule has 1 amide bonds. The van der Waals surface area contributed by atoms with Crippen molar-refractivity contribution in [2.75, 3.05) is 0 Å². The largest absolute Gasteiger partial charge is 0.448 e. The lowest BCUT2D eigenvalue weighted by Gasteiger charge is -2.35. The number of aromatic amines is 1. The van der Waals surface area contributed by atoms with Gasteiger partial charge in [0.25, 0.3) is 5.91 Å². The number of carbonyl (C=O) groups excluding carboxylic acids is 3. The van der Waals surface area contributed by atoms with E-state index in [1.807, 2.05) is 0 Å². The number of hydrogen-bond donors (Lipinski definition) is 2. The van der Waals surface area contributed by atoms with E-state index in [1.54, 1.807) is 6.92 Å². The Morgan fingerprint density at radius 2 is 2.00 bits per heavy atom. The summed E-state index contributed by atoms with van der Waals surface area (Å²) in [6.07, 6.45) is 3.81. The van der Waals surface area contributed by atoms with Crippen LogP contribution < -0.4 is 5.32 Å². The summed E-state index contributed by atoms with van der Waals surface area (Å²) in [7, 11) is 0. The van der Waals surface area contributed by atoms with Crippen molar-refractivity contribution in [3.8, 4) is 0 Å². The van der Waals surface area contributed by atoms with Crippen molar-refractivity contribution in [3.05, 3.63) is 23.5 Å². The van der Waals surface area contributed by atoms with E-state index in [0.29, 0.717) is 17.4 Å². The molecule has 0 radical (unpaired) electrons. The molecule has 0 saturated heterocycles. The number of hydrogen-bond acceptors (Lipinski definition) is 4. The lowest BCUT2D eigenvalue weighted by atomic mass is 9.78. The Hall–Kier alpha value is -2.11. The maximum atomic E-state index is 12.3. The Kier molecular flexibility index (Phi) is 5.80. The molecule has 0 aliphatic heterocycles. The highest BCUT2D eigenvalue weighted by Gasteiger charge is 2.30. The fourth-order valence-electron chi connectivity index (χ4n) is 3.08. The molecule has 2 N–H and O–H groups in total. The van der Waals surface area contributed by atoms with Gasteiger partial charge in [-0.3, -0.25) is 9.59 Å². The first-order valence-electron chi connectivity index (χ1n) is 8.50. The SMILES string of the molecule is CC(=O)c1c[nH]c(C(=O)O[C@H](C)C(=O)N[C@H]2CCC[C@@H](C)[C@H]2C)c1. The topological polar surface area (TPSA) is 88.3 Å². The first-order valence-corrected chi connectivity index (χ1v) is 8.50. The van der Waals surface area contributed by atoms with E-state index in [1.165, 1.54) is 25.6 Å². The van der Waals surface area contributed by atoms with E-state index >= 15 is 0 Å². The van der Waals surface area contributed by atoms with Gasteiger partial charge < -0.3 is 15.0 Å². The molecule has 6 nitrogen and oxygen atoms in total. The smallest absolute Gasteiger partial charge is 0.355 e. The second kappa shape index (κ2) is 7.64. The van der Waals surface area contributed by atoms with Crippen molar-refractivity contribution in [1.29, 1.82) is 0 Å². The third kappa shape index (κ3) is 4.24. The number of aromatic nitrogens is 1. The minimum absolute atomic E-state index is 0.122. The monoisotopic (exact) mass is 334 g/mol. The van der Waals surface area contributed by atoms with E-state index < -0.39 is 12.1 Å². The molecule has 0 bridgehead atoms. The molecule has 6 heteroatoms. The van der Waals surface area contributed by atoms with Crippen molar-refractivity contribution in [2.24, 2.45) is 11.8 Å². The summed E-state index contributed by atoms with van der Waals surface area (Å²) in [5, 5.41) is 3.00. The minimum Gasteiger partial charge on any atom is -0.448 e. The molecule has 0 unspecified atom stereocenters. The zero-order chi connectivity index (χ0) is 17.9. The van der Waals surface area contributed by atoms with Crippen LogP contribution in [-0.4, -0.2) is 34.8 Å². The first kappa shape index (κ1) is 18.2. The number of ketones is 1. The second-order valence-electron chi connectivity index (χ2n) is 6.79. The quantitative estimate of drug-likeness (QED) is 0.640. The van der Waals surface area contributed by atoms with Gasteiger partial charge in [0.05, 0.1) is 0 Å². The summed E-state index contributed by atoms with van der Waals surface area (Å²) < 4.78 is 5.20. The average Bonchev–Trinajstić information content (AvgIpc) is 3.02. The molecule has 1 aliphatic rings. The zero-order valence-electron chi connectivity index (χ0n) is 14.7. The minimum atomic E-state index is -0.883. The summed E-state index contributed by atoms with van der Waals surface area (Å²) in [5.41, 5.74) is 0.573. The molecular weight excluding hydrogens is 308 g/mol. The molecular formula is C18H26N2O4. The molecule has 1 aromatic heterocycles.